The molecule has 0 aliphatic rings. The summed E-state index contributed by atoms with van der Waals surface area (Å²) in [5.74, 6) is 0.0859. The van der Waals surface area contributed by atoms with Crippen LogP contribution in [0.5, 0.6) is 0 Å². The van der Waals surface area contributed by atoms with Gasteiger partial charge in [0.1, 0.15) is 0 Å². The van der Waals surface area contributed by atoms with Gasteiger partial charge in [0, 0.05) is 32.1 Å². The molecule has 114 valence electrons. The van der Waals surface area contributed by atoms with Gasteiger partial charge in [0.05, 0.1) is 0 Å². The molecule has 21 heavy (non-hydrogen) atoms. The molecule has 0 aliphatic heterocycles. The standard InChI is InChI=1S/C11H15N5O4S/c1-4-7-5-9(13-12-7)14-21(19,20)8-6-15(2)11(18)16(3)10(8)17/h5-6H,4H2,1-3H3,(H2,12,13,14). The second kappa shape index (κ2) is 5.20. The maximum atomic E-state index is 12.2. The Hall–Kier alpha value is -2.36. The number of nitrogens with zero attached hydrogens (tertiary/aromatic N) is 3. The summed E-state index contributed by atoms with van der Waals surface area (Å²) in [6, 6.07) is 1.53. The monoisotopic (exact) mass is 313 g/mol. The number of aryl methyl sites for hydroxylation is 2. The molecule has 2 aromatic rings. The summed E-state index contributed by atoms with van der Waals surface area (Å²) in [6.07, 6.45) is 1.65. The molecule has 9 nitrogen and oxygen atoms in total. The number of H-pyrrole nitrogens is 1. The van der Waals surface area contributed by atoms with Crippen LogP contribution in [0.3, 0.4) is 0 Å². The number of hydrogen-bond acceptors (Lipinski definition) is 5. The smallest absolute Gasteiger partial charge is 0.302 e. The summed E-state index contributed by atoms with van der Waals surface area (Å²) < 4.78 is 28.4. The van der Waals surface area contributed by atoms with E-state index in [1.807, 2.05) is 6.92 Å². The van der Waals surface area contributed by atoms with Crippen molar-refractivity contribution >= 4 is 15.8 Å². The predicted molar refractivity (Wildman–Crippen MR) is 75.7 cm³/mol. The SMILES string of the molecule is CCc1cc(NS(=O)(=O)c2cn(C)c(=O)n(C)c2=O)n[nH]1. The van der Waals surface area contributed by atoms with Crippen LogP contribution in [0, 0.1) is 0 Å². The average Bonchev–Trinajstić information content (AvgIpc) is 2.87. The van der Waals surface area contributed by atoms with Gasteiger partial charge in [0.15, 0.2) is 10.7 Å². The summed E-state index contributed by atoms with van der Waals surface area (Å²) in [4.78, 5) is 23.0. The van der Waals surface area contributed by atoms with Crippen molar-refractivity contribution in [3.8, 4) is 0 Å². The number of anilines is 1. The van der Waals surface area contributed by atoms with Crippen LogP contribution in [0.4, 0.5) is 5.82 Å². The number of aromatic nitrogens is 4. The lowest BCUT2D eigenvalue weighted by atomic mass is 10.3. The van der Waals surface area contributed by atoms with Crippen molar-refractivity contribution in [2.75, 3.05) is 4.72 Å². The van der Waals surface area contributed by atoms with E-state index in [0.717, 1.165) is 21.0 Å². The molecule has 0 aromatic carbocycles. The lowest BCUT2D eigenvalue weighted by Crippen LogP contribution is -2.40. The molecule has 2 rings (SSSR count). The third-order valence-electron chi connectivity index (χ3n) is 2.96. The van der Waals surface area contributed by atoms with Crippen LogP contribution in [-0.4, -0.2) is 27.7 Å². The Labute approximate surface area is 120 Å². The number of nitrogens with one attached hydrogen (secondary N) is 2. The number of hydrogen-bond donors (Lipinski definition) is 2. The Kier molecular flexibility index (Phi) is 3.73. The maximum absolute atomic E-state index is 12.2. The van der Waals surface area contributed by atoms with Crippen LogP contribution in [0.1, 0.15) is 12.6 Å². The van der Waals surface area contributed by atoms with Gasteiger partial charge in [0.25, 0.3) is 15.6 Å². The molecule has 2 heterocycles. The number of aromatic amines is 1. The Morgan fingerprint density at radius 2 is 2.00 bits per heavy atom. The number of rotatable bonds is 4. The fourth-order valence-corrected chi connectivity index (χ4v) is 2.90. The van der Waals surface area contributed by atoms with E-state index in [-0.39, 0.29) is 5.82 Å². The van der Waals surface area contributed by atoms with Gasteiger partial charge in [0.2, 0.25) is 0 Å². The zero-order valence-electron chi connectivity index (χ0n) is 11.7. The van der Waals surface area contributed by atoms with Crippen molar-refractivity contribution in [3.63, 3.8) is 0 Å². The summed E-state index contributed by atoms with van der Waals surface area (Å²) in [5.41, 5.74) is -0.745. The molecule has 0 fully saturated rings. The van der Waals surface area contributed by atoms with E-state index in [2.05, 4.69) is 14.9 Å². The second-order valence-corrected chi connectivity index (χ2v) is 6.14. The van der Waals surface area contributed by atoms with Crippen LogP contribution in [0.2, 0.25) is 0 Å². The molecule has 0 saturated heterocycles. The summed E-state index contributed by atoms with van der Waals surface area (Å²) in [7, 11) is -1.54. The Morgan fingerprint density at radius 1 is 1.33 bits per heavy atom. The highest BCUT2D eigenvalue weighted by molar-refractivity contribution is 7.92. The van der Waals surface area contributed by atoms with Gasteiger partial charge in [-0.05, 0) is 6.42 Å². The minimum Gasteiger partial charge on any atom is -0.302 e. The third kappa shape index (κ3) is 2.75. The quantitative estimate of drug-likeness (QED) is 0.763. The molecule has 0 unspecified atom stereocenters. The molecular weight excluding hydrogens is 298 g/mol. The first kappa shape index (κ1) is 15.0. The molecule has 0 aliphatic carbocycles. The lowest BCUT2D eigenvalue weighted by molar-refractivity contribution is 0.589. The molecule has 0 amide bonds. The van der Waals surface area contributed by atoms with E-state index in [1.165, 1.54) is 20.2 Å². The topological polar surface area (TPSA) is 119 Å². The average molecular weight is 313 g/mol. The minimum atomic E-state index is -4.13. The highest BCUT2D eigenvalue weighted by atomic mass is 32.2. The van der Waals surface area contributed by atoms with E-state index in [1.54, 1.807) is 0 Å². The zero-order chi connectivity index (χ0) is 15.8. The summed E-state index contributed by atoms with van der Waals surface area (Å²) >= 11 is 0. The van der Waals surface area contributed by atoms with E-state index in [9.17, 15) is 18.0 Å². The van der Waals surface area contributed by atoms with Crippen LogP contribution in [0.15, 0.2) is 26.7 Å². The molecule has 10 heteroatoms. The van der Waals surface area contributed by atoms with Crippen molar-refractivity contribution in [3.05, 3.63) is 38.8 Å². The Balaban J connectivity index is 2.50. The van der Waals surface area contributed by atoms with Crippen molar-refractivity contribution in [2.45, 2.75) is 18.2 Å². The van der Waals surface area contributed by atoms with Crippen LogP contribution in [0.25, 0.3) is 0 Å². The summed E-state index contributed by atoms with van der Waals surface area (Å²) in [6.45, 7) is 1.88. The van der Waals surface area contributed by atoms with Crippen LogP contribution >= 0.6 is 0 Å². The van der Waals surface area contributed by atoms with Gasteiger partial charge >= 0.3 is 5.69 Å². The third-order valence-corrected chi connectivity index (χ3v) is 4.29. The molecule has 0 spiro atoms. The summed E-state index contributed by atoms with van der Waals surface area (Å²) in [5, 5.41) is 6.46. The van der Waals surface area contributed by atoms with Gasteiger partial charge in [-0.1, -0.05) is 6.92 Å². The Bertz CT molecular complexity index is 890. The molecular formula is C11H15N5O4S. The lowest BCUT2D eigenvalue weighted by Gasteiger charge is -2.08. The Morgan fingerprint density at radius 3 is 2.57 bits per heavy atom. The van der Waals surface area contributed by atoms with Gasteiger partial charge in [-0.15, -0.1) is 0 Å². The second-order valence-electron chi connectivity index (χ2n) is 4.49. The first-order valence-electron chi connectivity index (χ1n) is 6.10. The highest BCUT2D eigenvalue weighted by Gasteiger charge is 2.22. The van der Waals surface area contributed by atoms with Crippen molar-refractivity contribution in [1.29, 1.82) is 0 Å². The molecule has 2 aromatic heterocycles. The fraction of sp³-hybridized carbons (Fsp3) is 0.364. The fourth-order valence-electron chi connectivity index (χ4n) is 1.75. The normalized spacial score (nSPS) is 11.6. The minimum absolute atomic E-state index is 0.0859. The van der Waals surface area contributed by atoms with Crippen molar-refractivity contribution in [2.24, 2.45) is 14.1 Å². The molecule has 0 saturated carbocycles. The van der Waals surface area contributed by atoms with Gasteiger partial charge in [-0.2, -0.15) is 5.10 Å². The van der Waals surface area contributed by atoms with Crippen LogP contribution in [-0.2, 0) is 30.5 Å². The van der Waals surface area contributed by atoms with E-state index in [4.69, 9.17) is 0 Å². The zero-order valence-corrected chi connectivity index (χ0v) is 12.6. The molecule has 0 bridgehead atoms. The first-order chi connectivity index (χ1) is 9.76. The maximum Gasteiger partial charge on any atom is 0.330 e. The van der Waals surface area contributed by atoms with Gasteiger partial charge in [-0.3, -0.25) is 19.2 Å². The van der Waals surface area contributed by atoms with Gasteiger partial charge in [-0.25, -0.2) is 13.2 Å². The van der Waals surface area contributed by atoms with Crippen LogP contribution < -0.4 is 16.0 Å². The largest absolute Gasteiger partial charge is 0.330 e. The molecule has 0 atom stereocenters. The van der Waals surface area contributed by atoms with E-state index >= 15 is 0 Å². The van der Waals surface area contributed by atoms with Crippen molar-refractivity contribution in [1.82, 2.24) is 19.3 Å². The van der Waals surface area contributed by atoms with Gasteiger partial charge < -0.3 is 4.57 Å². The van der Waals surface area contributed by atoms with E-state index < -0.39 is 26.2 Å². The van der Waals surface area contributed by atoms with Crippen molar-refractivity contribution < 1.29 is 8.42 Å². The predicted octanol–water partition coefficient (Wildman–Crippen LogP) is -0.830. The van der Waals surface area contributed by atoms with E-state index in [0.29, 0.717) is 6.42 Å². The number of sulfonamides is 1. The molecule has 2 N–H and O–H groups in total. The first-order valence-corrected chi connectivity index (χ1v) is 7.58. The molecule has 0 radical (unpaired) electrons. The highest BCUT2D eigenvalue weighted by Crippen LogP contribution is 2.11.